The molecule has 0 saturated heterocycles. The van der Waals surface area contributed by atoms with Crippen molar-refractivity contribution in [2.24, 2.45) is 0 Å². The lowest BCUT2D eigenvalue weighted by molar-refractivity contribution is 0.427. The van der Waals surface area contributed by atoms with E-state index in [0.717, 1.165) is 11.5 Å². The molecule has 0 radical (unpaired) electrons. The van der Waals surface area contributed by atoms with Gasteiger partial charge in [-0.25, -0.2) is 0 Å². The number of ether oxygens (including phenoxy) is 1. The lowest BCUT2D eigenvalue weighted by Crippen LogP contribution is -1.86. The van der Waals surface area contributed by atoms with E-state index in [0.29, 0.717) is 0 Å². The van der Waals surface area contributed by atoms with E-state index in [-0.39, 0.29) is 0 Å². The Morgan fingerprint density at radius 3 is 2.08 bits per heavy atom. The van der Waals surface area contributed by atoms with Crippen molar-refractivity contribution in [3.05, 3.63) is 27.0 Å². The number of thiophene rings is 2. The largest absolute Gasteiger partial charge is 0.487 e. The van der Waals surface area contributed by atoms with Crippen LogP contribution in [0.2, 0.25) is 0 Å². The molecule has 140 valence electrons. The van der Waals surface area contributed by atoms with E-state index in [1.807, 2.05) is 11.3 Å². The average molecular weight is 444 g/mol. The third-order valence-corrected chi connectivity index (χ3v) is 7.85. The Bertz CT molecular complexity index is 630. The molecule has 0 N–H and O–H groups in total. The maximum Gasteiger partial charge on any atom is 0.174 e. The van der Waals surface area contributed by atoms with Gasteiger partial charge in [0.25, 0.3) is 0 Å². The van der Waals surface area contributed by atoms with E-state index in [1.54, 1.807) is 18.4 Å². The molecular formula is C21H31BrOS2. The van der Waals surface area contributed by atoms with Crippen molar-refractivity contribution in [1.82, 2.24) is 0 Å². The van der Waals surface area contributed by atoms with Gasteiger partial charge in [-0.2, -0.15) is 0 Å². The maximum atomic E-state index is 5.52. The first-order valence-corrected chi connectivity index (χ1v) is 12.1. The lowest BCUT2D eigenvalue weighted by Gasteiger charge is -2.01. The maximum absolute atomic E-state index is 5.52. The van der Waals surface area contributed by atoms with E-state index in [4.69, 9.17) is 4.74 Å². The molecule has 0 aliphatic heterocycles. The number of halogens is 1. The summed E-state index contributed by atoms with van der Waals surface area (Å²) in [6, 6.07) is 4.65. The molecule has 0 bridgehead atoms. The molecule has 1 nitrogen and oxygen atoms in total. The van der Waals surface area contributed by atoms with Gasteiger partial charge in [0.1, 0.15) is 0 Å². The second kappa shape index (κ2) is 11.4. The fourth-order valence-electron chi connectivity index (χ4n) is 3.07. The zero-order valence-corrected chi connectivity index (χ0v) is 19.0. The third kappa shape index (κ3) is 6.41. The molecular weight excluding hydrogens is 412 g/mol. The lowest BCUT2D eigenvalue weighted by atomic mass is 10.1. The highest BCUT2D eigenvalue weighted by atomic mass is 79.9. The van der Waals surface area contributed by atoms with Gasteiger partial charge in [0.2, 0.25) is 0 Å². The second-order valence-electron chi connectivity index (χ2n) is 6.65. The SMILES string of the molecule is CCCCCCc1cc(-c2sc(OC)cc2CCCCCC)sc1Br. The molecule has 2 heterocycles. The molecule has 2 rings (SSSR count). The Kier molecular flexibility index (Phi) is 9.57. The standard InChI is InChI=1S/C21H31BrOS2/c1-4-6-8-10-12-16-15-19(23-3)25-20(16)18-14-17(21(22)24-18)13-11-9-7-5-2/h14-15H,4-13H2,1-3H3. The van der Waals surface area contributed by atoms with Gasteiger partial charge in [0.05, 0.1) is 15.8 Å². The molecule has 0 aliphatic rings. The van der Waals surface area contributed by atoms with E-state index in [9.17, 15) is 0 Å². The fraction of sp³-hybridized carbons (Fsp3) is 0.619. The smallest absolute Gasteiger partial charge is 0.174 e. The Morgan fingerprint density at radius 1 is 0.840 bits per heavy atom. The van der Waals surface area contributed by atoms with Gasteiger partial charge in [-0.15, -0.1) is 11.3 Å². The number of rotatable bonds is 12. The molecule has 0 aliphatic carbocycles. The Labute approximate surface area is 169 Å². The third-order valence-electron chi connectivity index (χ3n) is 4.57. The summed E-state index contributed by atoms with van der Waals surface area (Å²) >= 11 is 7.48. The van der Waals surface area contributed by atoms with Crippen LogP contribution in [0.5, 0.6) is 5.06 Å². The molecule has 0 atom stereocenters. The molecule has 2 aromatic heterocycles. The number of aryl methyl sites for hydroxylation is 2. The first-order chi connectivity index (χ1) is 12.2. The molecule has 4 heteroatoms. The first kappa shape index (κ1) is 21.0. The van der Waals surface area contributed by atoms with Crippen molar-refractivity contribution in [3.63, 3.8) is 0 Å². The van der Waals surface area contributed by atoms with Crippen LogP contribution >= 0.6 is 38.6 Å². The van der Waals surface area contributed by atoms with Crippen molar-refractivity contribution in [2.75, 3.05) is 7.11 Å². The zero-order chi connectivity index (χ0) is 18.1. The van der Waals surface area contributed by atoms with Crippen LogP contribution < -0.4 is 4.74 Å². The highest BCUT2D eigenvalue weighted by molar-refractivity contribution is 9.11. The van der Waals surface area contributed by atoms with Crippen molar-refractivity contribution < 1.29 is 4.74 Å². The summed E-state index contributed by atoms with van der Waals surface area (Å²) in [5, 5.41) is 1.04. The Balaban J connectivity index is 2.09. The van der Waals surface area contributed by atoms with E-state index < -0.39 is 0 Å². The summed E-state index contributed by atoms with van der Waals surface area (Å²) in [5.41, 5.74) is 2.93. The molecule has 0 spiro atoms. The Morgan fingerprint density at radius 2 is 1.48 bits per heavy atom. The number of methoxy groups -OCH3 is 1. The van der Waals surface area contributed by atoms with Crippen molar-refractivity contribution in [2.45, 2.75) is 78.1 Å². The molecule has 0 amide bonds. The van der Waals surface area contributed by atoms with Crippen LogP contribution in [0.25, 0.3) is 9.75 Å². The minimum absolute atomic E-state index is 1.04. The van der Waals surface area contributed by atoms with Gasteiger partial charge in [0.15, 0.2) is 5.06 Å². The molecule has 0 unspecified atom stereocenters. The van der Waals surface area contributed by atoms with Gasteiger partial charge in [-0.3, -0.25) is 0 Å². The van der Waals surface area contributed by atoms with Crippen molar-refractivity contribution in [3.8, 4) is 14.8 Å². The minimum Gasteiger partial charge on any atom is -0.487 e. The van der Waals surface area contributed by atoms with Gasteiger partial charge in [-0.1, -0.05) is 63.7 Å². The van der Waals surface area contributed by atoms with Crippen LogP contribution in [0.3, 0.4) is 0 Å². The minimum atomic E-state index is 1.04. The normalized spacial score (nSPS) is 11.2. The van der Waals surface area contributed by atoms with E-state index >= 15 is 0 Å². The quantitative estimate of drug-likeness (QED) is 0.299. The highest BCUT2D eigenvalue weighted by Crippen LogP contribution is 2.44. The predicted octanol–water partition coefficient (Wildman–Crippen LogP) is 8.49. The number of hydrogen-bond acceptors (Lipinski definition) is 3. The van der Waals surface area contributed by atoms with Crippen molar-refractivity contribution in [1.29, 1.82) is 0 Å². The topological polar surface area (TPSA) is 9.23 Å². The van der Waals surface area contributed by atoms with Gasteiger partial charge in [-0.05, 0) is 64.9 Å². The van der Waals surface area contributed by atoms with Crippen LogP contribution in [-0.2, 0) is 12.8 Å². The zero-order valence-electron chi connectivity index (χ0n) is 15.8. The van der Waals surface area contributed by atoms with Crippen LogP contribution in [-0.4, -0.2) is 7.11 Å². The summed E-state index contributed by atoms with van der Waals surface area (Å²) < 4.78 is 6.83. The van der Waals surface area contributed by atoms with Crippen molar-refractivity contribution >= 4 is 38.6 Å². The first-order valence-electron chi connectivity index (χ1n) is 9.64. The van der Waals surface area contributed by atoms with Gasteiger partial charge >= 0.3 is 0 Å². The molecule has 0 aromatic carbocycles. The molecule has 0 fully saturated rings. The van der Waals surface area contributed by atoms with E-state index in [2.05, 4.69) is 41.9 Å². The predicted molar refractivity (Wildman–Crippen MR) is 118 cm³/mol. The van der Waals surface area contributed by atoms with Crippen LogP contribution in [0.4, 0.5) is 0 Å². The molecule has 25 heavy (non-hydrogen) atoms. The highest BCUT2D eigenvalue weighted by Gasteiger charge is 2.16. The van der Waals surface area contributed by atoms with Gasteiger partial charge in [0, 0.05) is 4.88 Å². The summed E-state index contributed by atoms with van der Waals surface area (Å²) in [6.07, 6.45) is 12.8. The summed E-state index contributed by atoms with van der Waals surface area (Å²) in [6.45, 7) is 4.54. The molecule has 0 saturated carbocycles. The average Bonchev–Trinajstić information content (AvgIpc) is 3.19. The summed E-state index contributed by atoms with van der Waals surface area (Å²) in [4.78, 5) is 2.81. The number of unbranched alkanes of at least 4 members (excludes halogenated alkanes) is 6. The Hall–Kier alpha value is -0.320. The monoisotopic (exact) mass is 442 g/mol. The second-order valence-corrected chi connectivity index (χ2v) is 10.0. The van der Waals surface area contributed by atoms with Crippen LogP contribution in [0.1, 0.15) is 76.3 Å². The summed E-state index contributed by atoms with van der Waals surface area (Å²) in [5.74, 6) is 0. The van der Waals surface area contributed by atoms with E-state index in [1.165, 1.54) is 82.5 Å². The van der Waals surface area contributed by atoms with Gasteiger partial charge < -0.3 is 4.74 Å². The summed E-state index contributed by atoms with van der Waals surface area (Å²) in [7, 11) is 1.78. The fourth-order valence-corrected chi connectivity index (χ4v) is 6.00. The molecule has 2 aromatic rings. The van der Waals surface area contributed by atoms with Crippen LogP contribution in [0, 0.1) is 0 Å². The van der Waals surface area contributed by atoms with Crippen LogP contribution in [0.15, 0.2) is 15.9 Å². The number of hydrogen-bond donors (Lipinski definition) is 0.